The normalized spacial score (nSPS) is 11.8. The Hall–Kier alpha value is -3.54. The van der Waals surface area contributed by atoms with E-state index in [9.17, 15) is 19.8 Å². The number of rotatable bonds is 13. The van der Waals surface area contributed by atoms with Crippen molar-refractivity contribution in [3.63, 3.8) is 0 Å². The highest BCUT2D eigenvalue weighted by molar-refractivity contribution is 6.47. The molecule has 2 aromatic carbocycles. The molecule has 0 atom stereocenters. The first-order valence-corrected chi connectivity index (χ1v) is 10.8. The lowest BCUT2D eigenvalue weighted by Crippen LogP contribution is -2.09. The smallest absolute Gasteiger partial charge is 0.229 e. The molecular weight excluding hydrogens is 408 g/mol. The summed E-state index contributed by atoms with van der Waals surface area (Å²) in [7, 11) is 0. The zero-order valence-corrected chi connectivity index (χ0v) is 18.5. The van der Waals surface area contributed by atoms with E-state index in [2.05, 4.69) is 13.8 Å². The lowest BCUT2D eigenvalue weighted by atomic mass is 10.1. The van der Waals surface area contributed by atoms with Gasteiger partial charge in [-0.3, -0.25) is 9.59 Å². The highest BCUT2D eigenvalue weighted by Gasteiger charge is 2.13. The van der Waals surface area contributed by atoms with Crippen molar-refractivity contribution in [2.45, 2.75) is 39.5 Å². The number of hydrogen-bond donors (Lipinski definition) is 2. The molecule has 0 aliphatic heterocycles. The Balaban J connectivity index is 1.98. The number of allylic oxidation sites excluding steroid dienone is 2. The minimum Gasteiger partial charge on any atom is -0.507 e. The number of carbonyl (C=O) groups excluding carboxylic acids is 2. The first-order valence-electron chi connectivity index (χ1n) is 10.8. The SMILES string of the molecule is CCCCOc1ccc(/C(O)=C/C(=O)C(=O)/C=C(\O)c2ccc(OCCCC)cc2)cc1. The third-order valence-electron chi connectivity index (χ3n) is 4.61. The molecule has 2 rings (SSSR count). The Morgan fingerprint density at radius 3 is 1.34 bits per heavy atom. The largest absolute Gasteiger partial charge is 0.507 e. The topological polar surface area (TPSA) is 93.1 Å². The Morgan fingerprint density at radius 2 is 1.03 bits per heavy atom. The molecule has 0 aliphatic rings. The fourth-order valence-corrected chi connectivity index (χ4v) is 2.67. The third-order valence-corrected chi connectivity index (χ3v) is 4.61. The molecule has 32 heavy (non-hydrogen) atoms. The summed E-state index contributed by atoms with van der Waals surface area (Å²) in [5.74, 6) is -1.26. The zero-order valence-electron chi connectivity index (χ0n) is 18.5. The molecule has 0 bridgehead atoms. The summed E-state index contributed by atoms with van der Waals surface area (Å²) in [5, 5.41) is 20.3. The maximum atomic E-state index is 12.1. The summed E-state index contributed by atoms with van der Waals surface area (Å²) in [5.41, 5.74) is 0.752. The first-order chi connectivity index (χ1) is 15.4. The van der Waals surface area contributed by atoms with Gasteiger partial charge in [-0.05, 0) is 61.4 Å². The number of aliphatic hydroxyl groups is 2. The van der Waals surface area contributed by atoms with Crippen molar-refractivity contribution in [3.8, 4) is 11.5 Å². The summed E-state index contributed by atoms with van der Waals surface area (Å²) in [6, 6.07) is 13.1. The summed E-state index contributed by atoms with van der Waals surface area (Å²) in [4.78, 5) is 24.3. The molecule has 0 saturated heterocycles. The standard InChI is InChI=1S/C26H30O6/c1-3-5-15-31-21-11-7-19(8-12-21)23(27)17-25(29)26(30)18-24(28)20-9-13-22(14-10-20)32-16-6-4-2/h7-14,17-18,27-28H,3-6,15-16H2,1-2H3/b23-17-,24-18-. The van der Waals surface area contributed by atoms with Gasteiger partial charge in [0.25, 0.3) is 0 Å². The quantitative estimate of drug-likeness (QED) is 0.181. The van der Waals surface area contributed by atoms with Crippen molar-refractivity contribution in [1.29, 1.82) is 0 Å². The van der Waals surface area contributed by atoms with Gasteiger partial charge < -0.3 is 19.7 Å². The van der Waals surface area contributed by atoms with Crippen LogP contribution in [0.5, 0.6) is 11.5 Å². The van der Waals surface area contributed by atoms with Crippen molar-refractivity contribution < 1.29 is 29.3 Å². The van der Waals surface area contributed by atoms with Gasteiger partial charge in [0.2, 0.25) is 11.6 Å². The number of ketones is 2. The molecule has 2 aromatic rings. The van der Waals surface area contributed by atoms with Crippen LogP contribution in [0, 0.1) is 0 Å². The Labute approximate surface area is 188 Å². The van der Waals surface area contributed by atoms with Crippen LogP contribution < -0.4 is 9.47 Å². The number of benzene rings is 2. The van der Waals surface area contributed by atoms with Crippen molar-refractivity contribution in [3.05, 3.63) is 71.8 Å². The number of unbranched alkanes of at least 4 members (excludes halogenated alkanes) is 2. The van der Waals surface area contributed by atoms with E-state index in [0.29, 0.717) is 35.8 Å². The monoisotopic (exact) mass is 438 g/mol. The van der Waals surface area contributed by atoms with Crippen molar-refractivity contribution in [2.75, 3.05) is 13.2 Å². The van der Waals surface area contributed by atoms with E-state index in [1.54, 1.807) is 48.5 Å². The molecule has 0 unspecified atom stereocenters. The van der Waals surface area contributed by atoms with E-state index in [1.807, 2.05) is 0 Å². The second-order valence-electron chi connectivity index (χ2n) is 7.24. The van der Waals surface area contributed by atoms with E-state index in [1.165, 1.54) is 0 Å². The molecule has 2 N–H and O–H groups in total. The fraction of sp³-hybridized carbons (Fsp3) is 0.308. The van der Waals surface area contributed by atoms with Crippen molar-refractivity contribution >= 4 is 23.1 Å². The minimum absolute atomic E-state index is 0.343. The molecule has 0 fully saturated rings. The Morgan fingerprint density at radius 1 is 0.688 bits per heavy atom. The molecule has 6 heteroatoms. The van der Waals surface area contributed by atoms with E-state index < -0.39 is 11.6 Å². The van der Waals surface area contributed by atoms with Crippen LogP contribution in [-0.4, -0.2) is 35.0 Å². The van der Waals surface area contributed by atoms with Crippen molar-refractivity contribution in [2.24, 2.45) is 0 Å². The van der Waals surface area contributed by atoms with Gasteiger partial charge in [-0.1, -0.05) is 26.7 Å². The van der Waals surface area contributed by atoms with Crippen LogP contribution in [0.15, 0.2) is 60.7 Å². The van der Waals surface area contributed by atoms with E-state index >= 15 is 0 Å². The lowest BCUT2D eigenvalue weighted by molar-refractivity contribution is -0.130. The highest BCUT2D eigenvalue weighted by atomic mass is 16.5. The van der Waals surface area contributed by atoms with Crippen LogP contribution in [0.25, 0.3) is 11.5 Å². The molecule has 0 aromatic heterocycles. The molecule has 0 radical (unpaired) electrons. The summed E-state index contributed by atoms with van der Waals surface area (Å²) < 4.78 is 11.1. The van der Waals surface area contributed by atoms with Crippen LogP contribution >= 0.6 is 0 Å². The molecule has 0 saturated carbocycles. The predicted molar refractivity (Wildman–Crippen MR) is 125 cm³/mol. The third kappa shape index (κ3) is 7.95. The highest BCUT2D eigenvalue weighted by Crippen LogP contribution is 2.19. The van der Waals surface area contributed by atoms with Crippen LogP contribution in [0.3, 0.4) is 0 Å². The summed E-state index contributed by atoms with van der Waals surface area (Å²) in [6.07, 6.45) is 5.62. The number of aliphatic hydroxyl groups excluding tert-OH is 2. The van der Waals surface area contributed by atoms with Gasteiger partial charge in [0.05, 0.1) is 13.2 Å². The van der Waals surface area contributed by atoms with Gasteiger partial charge in [0.15, 0.2) is 0 Å². The first kappa shape index (κ1) is 24.7. The van der Waals surface area contributed by atoms with Gasteiger partial charge in [0.1, 0.15) is 23.0 Å². The number of carbonyl (C=O) groups is 2. The van der Waals surface area contributed by atoms with Crippen LogP contribution in [0.2, 0.25) is 0 Å². The second kappa shape index (κ2) is 13.0. The minimum atomic E-state index is -0.947. The Bertz CT molecular complexity index is 860. The predicted octanol–water partition coefficient (Wildman–Crippen LogP) is 5.68. The zero-order chi connectivity index (χ0) is 23.3. The van der Waals surface area contributed by atoms with Crippen LogP contribution in [0.4, 0.5) is 0 Å². The molecular formula is C26H30O6. The summed E-state index contributed by atoms with van der Waals surface area (Å²) in [6.45, 7) is 5.36. The number of hydrogen-bond acceptors (Lipinski definition) is 6. The van der Waals surface area contributed by atoms with E-state index in [-0.39, 0.29) is 11.5 Å². The summed E-state index contributed by atoms with van der Waals surface area (Å²) >= 11 is 0. The van der Waals surface area contributed by atoms with Gasteiger partial charge in [0, 0.05) is 23.3 Å². The van der Waals surface area contributed by atoms with Crippen molar-refractivity contribution in [1.82, 2.24) is 0 Å². The maximum absolute atomic E-state index is 12.1. The van der Waals surface area contributed by atoms with Gasteiger partial charge in [-0.15, -0.1) is 0 Å². The van der Waals surface area contributed by atoms with E-state index in [0.717, 1.165) is 37.8 Å². The molecule has 0 spiro atoms. The van der Waals surface area contributed by atoms with Gasteiger partial charge in [-0.25, -0.2) is 0 Å². The average Bonchev–Trinajstić information content (AvgIpc) is 2.80. The Kier molecular flexibility index (Phi) is 10.0. The number of ether oxygens (including phenoxy) is 2. The second-order valence-corrected chi connectivity index (χ2v) is 7.24. The van der Waals surface area contributed by atoms with Gasteiger partial charge in [-0.2, -0.15) is 0 Å². The van der Waals surface area contributed by atoms with Crippen LogP contribution in [0.1, 0.15) is 50.7 Å². The lowest BCUT2D eigenvalue weighted by Gasteiger charge is -2.06. The molecule has 6 nitrogen and oxygen atoms in total. The molecule has 170 valence electrons. The average molecular weight is 439 g/mol. The maximum Gasteiger partial charge on any atom is 0.229 e. The molecule has 0 amide bonds. The van der Waals surface area contributed by atoms with Crippen LogP contribution in [-0.2, 0) is 9.59 Å². The molecule has 0 heterocycles. The van der Waals surface area contributed by atoms with Gasteiger partial charge >= 0.3 is 0 Å². The molecule has 0 aliphatic carbocycles. The van der Waals surface area contributed by atoms with E-state index in [4.69, 9.17) is 9.47 Å². The fourth-order valence-electron chi connectivity index (χ4n) is 2.67.